The molecule has 12 heteroatoms. The number of nitrogens with zero attached hydrogens (tertiary/aromatic N) is 1. The molecule has 0 aliphatic carbocycles. The molecule has 1 N–H and O–H groups in total. The van der Waals surface area contributed by atoms with E-state index in [9.17, 15) is 27.6 Å². The maximum atomic E-state index is 13.0. The SMILES string of the molecule is COc1ccc(NC(=O)CN2C(=O)S/C(=C/c3ccc(-c4cccc(C(F)(F)F)c4)o3)C2=O)cc1Cl. The molecule has 0 atom stereocenters. The van der Waals surface area contributed by atoms with Gasteiger partial charge >= 0.3 is 6.18 Å². The molecule has 3 aromatic rings. The third kappa shape index (κ3) is 5.58. The summed E-state index contributed by atoms with van der Waals surface area (Å²) in [4.78, 5) is 38.2. The van der Waals surface area contributed by atoms with E-state index < -0.39 is 35.3 Å². The van der Waals surface area contributed by atoms with E-state index in [-0.39, 0.29) is 27.0 Å². The van der Waals surface area contributed by atoms with Crippen LogP contribution in [0.3, 0.4) is 0 Å². The van der Waals surface area contributed by atoms with Gasteiger partial charge in [0.2, 0.25) is 5.91 Å². The largest absolute Gasteiger partial charge is 0.495 e. The van der Waals surface area contributed by atoms with E-state index in [0.29, 0.717) is 23.2 Å². The van der Waals surface area contributed by atoms with Crippen LogP contribution in [0.5, 0.6) is 5.75 Å². The second-order valence-electron chi connectivity index (χ2n) is 7.45. The van der Waals surface area contributed by atoms with Gasteiger partial charge < -0.3 is 14.5 Å². The molecule has 0 saturated carbocycles. The molecular weight excluding hydrogens is 521 g/mol. The second-order valence-corrected chi connectivity index (χ2v) is 8.85. The average Bonchev–Trinajstić information content (AvgIpc) is 3.39. The number of nitrogens with one attached hydrogen (secondary N) is 1. The number of carbonyl (C=O) groups excluding carboxylic acids is 3. The molecule has 1 aliphatic heterocycles. The van der Waals surface area contributed by atoms with Crippen molar-refractivity contribution >= 4 is 52.2 Å². The van der Waals surface area contributed by atoms with Crippen LogP contribution in [0.25, 0.3) is 17.4 Å². The molecule has 0 unspecified atom stereocenters. The minimum Gasteiger partial charge on any atom is -0.495 e. The summed E-state index contributed by atoms with van der Waals surface area (Å²) in [6.45, 7) is -0.528. The smallest absolute Gasteiger partial charge is 0.416 e. The highest BCUT2D eigenvalue weighted by Crippen LogP contribution is 2.35. The number of hydrogen-bond acceptors (Lipinski definition) is 6. The Morgan fingerprint density at radius 2 is 1.94 bits per heavy atom. The Hall–Kier alpha value is -3.70. The van der Waals surface area contributed by atoms with Gasteiger partial charge in [-0.2, -0.15) is 13.2 Å². The quantitative estimate of drug-likeness (QED) is 0.372. The first-order valence-electron chi connectivity index (χ1n) is 10.2. The van der Waals surface area contributed by atoms with Gasteiger partial charge in [-0.1, -0.05) is 23.7 Å². The zero-order valence-electron chi connectivity index (χ0n) is 18.4. The molecule has 1 aromatic heterocycles. The predicted octanol–water partition coefficient (Wildman–Crippen LogP) is 6.30. The van der Waals surface area contributed by atoms with Crippen LogP contribution in [0, 0.1) is 0 Å². The first-order valence-corrected chi connectivity index (χ1v) is 11.4. The van der Waals surface area contributed by atoms with Crippen molar-refractivity contribution in [2.75, 3.05) is 19.0 Å². The summed E-state index contributed by atoms with van der Waals surface area (Å²) in [5.74, 6) is -0.594. The molecule has 3 amide bonds. The van der Waals surface area contributed by atoms with Gasteiger partial charge in [0, 0.05) is 17.3 Å². The molecule has 4 rings (SSSR count). The molecule has 36 heavy (non-hydrogen) atoms. The minimum absolute atomic E-state index is 0.00485. The lowest BCUT2D eigenvalue weighted by Crippen LogP contribution is -2.36. The number of ether oxygens (including phenoxy) is 1. The van der Waals surface area contributed by atoms with Crippen molar-refractivity contribution in [3.05, 3.63) is 75.8 Å². The average molecular weight is 537 g/mol. The normalized spacial score (nSPS) is 15.0. The fraction of sp³-hybridized carbons (Fsp3) is 0.125. The number of rotatable bonds is 6. The fourth-order valence-corrected chi connectivity index (χ4v) is 4.36. The zero-order valence-corrected chi connectivity index (χ0v) is 20.0. The molecule has 7 nitrogen and oxygen atoms in total. The van der Waals surface area contributed by atoms with Crippen LogP contribution in [0.4, 0.5) is 23.7 Å². The van der Waals surface area contributed by atoms with Crippen LogP contribution in [0.1, 0.15) is 11.3 Å². The zero-order chi connectivity index (χ0) is 26.0. The van der Waals surface area contributed by atoms with Gasteiger partial charge in [-0.25, -0.2) is 0 Å². The van der Waals surface area contributed by atoms with Crippen LogP contribution in [-0.4, -0.2) is 35.6 Å². The van der Waals surface area contributed by atoms with Crippen molar-refractivity contribution in [2.45, 2.75) is 6.18 Å². The number of anilines is 1. The Balaban J connectivity index is 1.45. The number of methoxy groups -OCH3 is 1. The van der Waals surface area contributed by atoms with Crippen LogP contribution in [0.2, 0.25) is 5.02 Å². The van der Waals surface area contributed by atoms with E-state index in [2.05, 4.69) is 5.32 Å². The second kappa shape index (κ2) is 10.1. The number of benzene rings is 2. The van der Waals surface area contributed by atoms with E-state index in [1.165, 1.54) is 43.5 Å². The minimum atomic E-state index is -4.50. The monoisotopic (exact) mass is 536 g/mol. The number of imide groups is 1. The maximum absolute atomic E-state index is 13.0. The number of hydrogen-bond donors (Lipinski definition) is 1. The third-order valence-corrected chi connectivity index (χ3v) is 6.19. The van der Waals surface area contributed by atoms with Gasteiger partial charge in [0.25, 0.3) is 11.1 Å². The van der Waals surface area contributed by atoms with Crippen molar-refractivity contribution in [3.63, 3.8) is 0 Å². The van der Waals surface area contributed by atoms with E-state index in [1.807, 2.05) is 0 Å². The summed E-state index contributed by atoms with van der Waals surface area (Å²) in [5.41, 5.74) is -0.270. The Labute approximate surface area is 211 Å². The number of carbonyl (C=O) groups is 3. The molecule has 1 saturated heterocycles. The standard InChI is InChI=1S/C24H16ClF3N2O5S/c1-34-19-7-5-15(10-17(19)25)29-21(31)12-30-22(32)20(36-23(30)33)11-16-6-8-18(35-16)13-3-2-4-14(9-13)24(26,27)28/h2-11H,12H2,1H3,(H,29,31)/b20-11+. The van der Waals surface area contributed by atoms with Crippen LogP contribution >= 0.6 is 23.4 Å². The van der Waals surface area contributed by atoms with Gasteiger partial charge in [-0.05, 0) is 54.2 Å². The molecule has 2 heterocycles. The van der Waals surface area contributed by atoms with Gasteiger partial charge in [-0.15, -0.1) is 0 Å². The Morgan fingerprint density at radius 1 is 1.17 bits per heavy atom. The number of furan rings is 1. The Kier molecular flexibility index (Phi) is 7.14. The highest BCUT2D eigenvalue weighted by molar-refractivity contribution is 8.18. The van der Waals surface area contributed by atoms with E-state index in [4.69, 9.17) is 20.8 Å². The van der Waals surface area contributed by atoms with Crippen molar-refractivity contribution < 1.29 is 36.7 Å². The van der Waals surface area contributed by atoms with Crippen molar-refractivity contribution in [3.8, 4) is 17.1 Å². The van der Waals surface area contributed by atoms with Crippen LogP contribution in [0.15, 0.2) is 63.9 Å². The van der Waals surface area contributed by atoms with Crippen LogP contribution in [-0.2, 0) is 15.8 Å². The van der Waals surface area contributed by atoms with E-state index in [1.54, 1.807) is 12.1 Å². The topological polar surface area (TPSA) is 88.8 Å². The van der Waals surface area contributed by atoms with Gasteiger partial charge in [0.15, 0.2) is 0 Å². The molecule has 186 valence electrons. The lowest BCUT2D eigenvalue weighted by atomic mass is 10.1. The third-order valence-electron chi connectivity index (χ3n) is 4.99. The number of amides is 3. The van der Waals surface area contributed by atoms with Crippen molar-refractivity contribution in [2.24, 2.45) is 0 Å². The Morgan fingerprint density at radius 3 is 2.64 bits per heavy atom. The highest BCUT2D eigenvalue weighted by Gasteiger charge is 2.36. The maximum Gasteiger partial charge on any atom is 0.416 e. The summed E-state index contributed by atoms with van der Waals surface area (Å²) < 4.78 is 49.6. The molecule has 0 radical (unpaired) electrons. The van der Waals surface area contributed by atoms with E-state index in [0.717, 1.165) is 17.0 Å². The molecule has 1 fully saturated rings. The fourth-order valence-electron chi connectivity index (χ4n) is 3.29. The molecule has 0 spiro atoms. The molecular formula is C24H16ClF3N2O5S. The van der Waals surface area contributed by atoms with Gasteiger partial charge in [-0.3, -0.25) is 19.3 Å². The molecule has 2 aromatic carbocycles. The lowest BCUT2D eigenvalue weighted by molar-refractivity contribution is -0.137. The summed E-state index contributed by atoms with van der Waals surface area (Å²) in [6.07, 6.45) is -3.21. The molecule has 1 aliphatic rings. The lowest BCUT2D eigenvalue weighted by Gasteiger charge is -2.13. The van der Waals surface area contributed by atoms with E-state index >= 15 is 0 Å². The van der Waals surface area contributed by atoms with Gasteiger partial charge in [0.05, 0.1) is 22.6 Å². The highest BCUT2D eigenvalue weighted by atomic mass is 35.5. The number of alkyl halides is 3. The summed E-state index contributed by atoms with van der Waals surface area (Å²) in [5, 5.41) is 2.17. The number of halogens is 4. The van der Waals surface area contributed by atoms with Crippen molar-refractivity contribution in [1.82, 2.24) is 4.90 Å². The first kappa shape index (κ1) is 25.4. The van der Waals surface area contributed by atoms with Crippen molar-refractivity contribution in [1.29, 1.82) is 0 Å². The van der Waals surface area contributed by atoms with Crippen LogP contribution < -0.4 is 10.1 Å². The summed E-state index contributed by atoms with van der Waals surface area (Å²) >= 11 is 6.64. The predicted molar refractivity (Wildman–Crippen MR) is 128 cm³/mol. The van der Waals surface area contributed by atoms with Gasteiger partial charge in [0.1, 0.15) is 23.8 Å². The first-order chi connectivity index (χ1) is 17.0. The Bertz CT molecular complexity index is 1390. The summed E-state index contributed by atoms with van der Waals surface area (Å²) in [6, 6.07) is 12.1. The molecule has 0 bridgehead atoms. The summed E-state index contributed by atoms with van der Waals surface area (Å²) in [7, 11) is 1.45. The number of thioether (sulfide) groups is 1.